The van der Waals surface area contributed by atoms with Crippen LogP contribution in [0.3, 0.4) is 0 Å². The Balaban J connectivity index is 2.96. The van der Waals surface area contributed by atoms with Gasteiger partial charge < -0.3 is 4.98 Å². The van der Waals surface area contributed by atoms with Gasteiger partial charge in [-0.3, -0.25) is 0 Å². The molecule has 1 aromatic carbocycles. The van der Waals surface area contributed by atoms with Crippen LogP contribution in [0.4, 0.5) is 0 Å². The van der Waals surface area contributed by atoms with Gasteiger partial charge in [0.05, 0.1) is 0 Å². The van der Waals surface area contributed by atoms with Crippen LogP contribution in [0.2, 0.25) is 0 Å². The van der Waals surface area contributed by atoms with Gasteiger partial charge >= 0.3 is 0 Å². The molecule has 2 aromatic rings. The van der Waals surface area contributed by atoms with Gasteiger partial charge in [0.1, 0.15) is 0 Å². The number of hydrogen-bond donors (Lipinski definition) is 1. The fourth-order valence-electron chi connectivity index (χ4n) is 1.32. The molecule has 0 fully saturated rings. The highest BCUT2D eigenvalue weighted by Crippen LogP contribution is 2.22. The monoisotopic (exact) mass is 257 g/mol. The molecule has 0 aliphatic heterocycles. The van der Waals surface area contributed by atoms with Gasteiger partial charge in [0.15, 0.2) is 0 Å². The van der Waals surface area contributed by atoms with E-state index >= 15 is 0 Å². The summed E-state index contributed by atoms with van der Waals surface area (Å²) in [4.78, 5) is 3.22. The molecule has 11 heavy (non-hydrogen) atoms. The van der Waals surface area contributed by atoms with Crippen molar-refractivity contribution in [3.8, 4) is 0 Å². The average molecular weight is 257 g/mol. The third-order valence-corrected chi connectivity index (χ3v) is 2.72. The zero-order valence-corrected chi connectivity index (χ0v) is 8.34. The molecule has 1 N–H and O–H groups in total. The summed E-state index contributed by atoms with van der Waals surface area (Å²) in [5.41, 5.74) is 2.57. The van der Waals surface area contributed by atoms with E-state index in [0.29, 0.717) is 0 Å². The van der Waals surface area contributed by atoms with Gasteiger partial charge in [-0.1, -0.05) is 12.1 Å². The number of hydrogen-bond acceptors (Lipinski definition) is 0. The molecule has 0 spiro atoms. The van der Waals surface area contributed by atoms with Crippen molar-refractivity contribution in [1.82, 2.24) is 4.98 Å². The highest BCUT2D eigenvalue weighted by atomic mass is 127. The third-order valence-electron chi connectivity index (χ3n) is 1.87. The van der Waals surface area contributed by atoms with Gasteiger partial charge in [-0.25, -0.2) is 0 Å². The zero-order valence-electron chi connectivity index (χ0n) is 6.19. The van der Waals surface area contributed by atoms with E-state index in [0.717, 1.165) is 0 Å². The lowest BCUT2D eigenvalue weighted by molar-refractivity contribution is 1.46. The molecule has 1 aromatic heterocycles. The van der Waals surface area contributed by atoms with Crippen LogP contribution in [-0.4, -0.2) is 4.98 Å². The van der Waals surface area contributed by atoms with Gasteiger partial charge in [0, 0.05) is 20.7 Å². The fraction of sp³-hybridized carbons (Fsp3) is 0.111. The number of benzene rings is 1. The Morgan fingerprint density at radius 2 is 2.18 bits per heavy atom. The van der Waals surface area contributed by atoms with Crippen LogP contribution >= 0.6 is 22.6 Å². The van der Waals surface area contributed by atoms with Crippen molar-refractivity contribution in [2.45, 2.75) is 6.92 Å². The molecule has 0 radical (unpaired) electrons. The molecule has 0 saturated heterocycles. The highest BCUT2D eigenvalue weighted by molar-refractivity contribution is 14.1. The zero-order chi connectivity index (χ0) is 7.84. The number of aromatic nitrogens is 1. The highest BCUT2D eigenvalue weighted by Gasteiger charge is 2.01. The Kier molecular flexibility index (Phi) is 1.64. The lowest BCUT2D eigenvalue weighted by atomic mass is 10.1. The SMILES string of the molecule is Cc1cccc2[nH]cc(I)c12. The normalized spacial score (nSPS) is 10.7. The van der Waals surface area contributed by atoms with Crippen LogP contribution in [-0.2, 0) is 0 Å². The maximum Gasteiger partial charge on any atom is 0.0467 e. The summed E-state index contributed by atoms with van der Waals surface area (Å²) in [5.74, 6) is 0. The fourth-order valence-corrected chi connectivity index (χ4v) is 2.19. The summed E-state index contributed by atoms with van der Waals surface area (Å²) >= 11 is 2.35. The second-order valence-electron chi connectivity index (χ2n) is 2.63. The van der Waals surface area contributed by atoms with Crippen LogP contribution in [0, 0.1) is 10.5 Å². The predicted molar refractivity (Wildman–Crippen MR) is 55.8 cm³/mol. The van der Waals surface area contributed by atoms with Crippen LogP contribution < -0.4 is 0 Å². The van der Waals surface area contributed by atoms with Crippen LogP contribution in [0.5, 0.6) is 0 Å². The van der Waals surface area contributed by atoms with E-state index in [9.17, 15) is 0 Å². The Morgan fingerprint density at radius 1 is 1.36 bits per heavy atom. The first-order valence-corrected chi connectivity index (χ1v) is 4.59. The lowest BCUT2D eigenvalue weighted by Gasteiger charge is -1.94. The number of rotatable bonds is 0. The Labute approximate surface area is 78.9 Å². The maximum atomic E-state index is 3.22. The Bertz CT molecular complexity index is 389. The van der Waals surface area contributed by atoms with E-state index in [2.05, 4.69) is 52.7 Å². The molecule has 2 rings (SSSR count). The second-order valence-corrected chi connectivity index (χ2v) is 3.80. The van der Waals surface area contributed by atoms with Gasteiger partial charge in [0.25, 0.3) is 0 Å². The van der Waals surface area contributed by atoms with E-state index < -0.39 is 0 Å². The van der Waals surface area contributed by atoms with E-state index in [4.69, 9.17) is 0 Å². The summed E-state index contributed by atoms with van der Waals surface area (Å²) < 4.78 is 1.30. The summed E-state index contributed by atoms with van der Waals surface area (Å²) in [6.07, 6.45) is 2.04. The molecule has 0 amide bonds. The Hall–Kier alpha value is -0.510. The second kappa shape index (κ2) is 2.52. The number of aromatic amines is 1. The quantitative estimate of drug-likeness (QED) is 0.698. The van der Waals surface area contributed by atoms with Gasteiger partial charge in [-0.15, -0.1) is 0 Å². The van der Waals surface area contributed by atoms with E-state index in [1.54, 1.807) is 0 Å². The van der Waals surface area contributed by atoms with E-state index in [1.165, 1.54) is 20.0 Å². The van der Waals surface area contributed by atoms with Crippen molar-refractivity contribution >= 4 is 33.5 Å². The van der Waals surface area contributed by atoms with Gasteiger partial charge in [0.2, 0.25) is 0 Å². The lowest BCUT2D eigenvalue weighted by Crippen LogP contribution is -1.74. The minimum absolute atomic E-state index is 1.23. The first kappa shape index (κ1) is 7.16. The summed E-state index contributed by atoms with van der Waals surface area (Å²) in [5, 5.41) is 1.35. The Morgan fingerprint density at radius 3 is 2.91 bits per heavy atom. The van der Waals surface area contributed by atoms with Crippen molar-refractivity contribution in [2.75, 3.05) is 0 Å². The average Bonchev–Trinajstić information content (AvgIpc) is 2.34. The van der Waals surface area contributed by atoms with E-state index in [-0.39, 0.29) is 0 Å². The van der Waals surface area contributed by atoms with Crippen LogP contribution in [0.15, 0.2) is 24.4 Å². The van der Waals surface area contributed by atoms with Crippen LogP contribution in [0.1, 0.15) is 5.56 Å². The van der Waals surface area contributed by atoms with Crippen molar-refractivity contribution < 1.29 is 0 Å². The minimum Gasteiger partial charge on any atom is -0.360 e. The van der Waals surface area contributed by atoms with Crippen molar-refractivity contribution in [1.29, 1.82) is 0 Å². The standard InChI is InChI=1S/C9H8IN/c1-6-3-2-4-8-9(6)7(10)5-11-8/h2-5,11H,1H3. The summed E-state index contributed by atoms with van der Waals surface area (Å²) in [6.45, 7) is 2.14. The number of fused-ring (bicyclic) bond motifs is 1. The largest absolute Gasteiger partial charge is 0.360 e. The number of H-pyrrole nitrogens is 1. The molecule has 0 saturated carbocycles. The van der Waals surface area contributed by atoms with Crippen molar-refractivity contribution in [3.63, 3.8) is 0 Å². The first-order valence-electron chi connectivity index (χ1n) is 3.51. The smallest absolute Gasteiger partial charge is 0.0467 e. The van der Waals surface area contributed by atoms with E-state index in [1.807, 2.05) is 6.20 Å². The molecule has 0 unspecified atom stereocenters. The minimum atomic E-state index is 1.23. The molecular formula is C9H8IN. The summed E-state index contributed by atoms with van der Waals surface area (Å²) in [7, 11) is 0. The summed E-state index contributed by atoms with van der Waals surface area (Å²) in [6, 6.07) is 6.31. The molecule has 0 aliphatic rings. The van der Waals surface area contributed by atoms with Gasteiger partial charge in [-0.2, -0.15) is 0 Å². The molecular weight excluding hydrogens is 249 g/mol. The molecule has 1 nitrogen and oxygen atoms in total. The predicted octanol–water partition coefficient (Wildman–Crippen LogP) is 3.08. The maximum absolute atomic E-state index is 3.22. The number of halogens is 1. The molecule has 2 heteroatoms. The number of aryl methyl sites for hydroxylation is 1. The topological polar surface area (TPSA) is 15.8 Å². The van der Waals surface area contributed by atoms with Crippen molar-refractivity contribution in [2.24, 2.45) is 0 Å². The molecule has 56 valence electrons. The molecule has 0 aliphatic carbocycles. The number of nitrogens with one attached hydrogen (secondary N) is 1. The van der Waals surface area contributed by atoms with Crippen molar-refractivity contribution in [3.05, 3.63) is 33.5 Å². The molecule has 0 bridgehead atoms. The molecule has 0 atom stereocenters. The first-order chi connectivity index (χ1) is 5.29. The van der Waals surface area contributed by atoms with Gasteiger partial charge in [-0.05, 0) is 41.1 Å². The molecule has 1 heterocycles. The van der Waals surface area contributed by atoms with Crippen LogP contribution in [0.25, 0.3) is 10.9 Å². The third kappa shape index (κ3) is 1.05.